The largest absolute Gasteiger partial charge is 0.387 e. The molecule has 118 valence electrons. The molecule has 1 saturated heterocycles. The average Bonchev–Trinajstić information content (AvgIpc) is 2.86. The second kappa shape index (κ2) is 7.87. The van der Waals surface area contributed by atoms with Crippen molar-refractivity contribution in [1.82, 2.24) is 9.80 Å². The Morgan fingerprint density at radius 2 is 2.10 bits per heavy atom. The Morgan fingerprint density at radius 1 is 1.38 bits per heavy atom. The van der Waals surface area contributed by atoms with Gasteiger partial charge in [0.05, 0.1) is 6.10 Å². The molecule has 0 aliphatic carbocycles. The molecular weight excluding hydrogens is 267 g/mol. The summed E-state index contributed by atoms with van der Waals surface area (Å²) in [5.74, 6) is 0.438. The highest BCUT2D eigenvalue weighted by Gasteiger charge is 2.25. The number of hydrogen-bond acceptors (Lipinski definition) is 3. The maximum atomic E-state index is 12.9. The quantitative estimate of drug-likeness (QED) is 0.837. The monoisotopic (exact) mass is 294 g/mol. The summed E-state index contributed by atoms with van der Waals surface area (Å²) in [4.78, 5) is 4.71. The van der Waals surface area contributed by atoms with Crippen LogP contribution in [0, 0.1) is 11.7 Å². The second-order valence-corrected chi connectivity index (χ2v) is 6.24. The van der Waals surface area contributed by atoms with Gasteiger partial charge >= 0.3 is 0 Å². The highest BCUT2D eigenvalue weighted by atomic mass is 19.1. The topological polar surface area (TPSA) is 26.7 Å². The first kappa shape index (κ1) is 16.4. The van der Waals surface area contributed by atoms with Gasteiger partial charge < -0.3 is 14.9 Å². The number of benzene rings is 1. The van der Waals surface area contributed by atoms with Crippen LogP contribution in [0.2, 0.25) is 0 Å². The molecule has 1 fully saturated rings. The predicted octanol–water partition coefficient (Wildman–Crippen LogP) is 2.52. The second-order valence-electron chi connectivity index (χ2n) is 6.24. The molecule has 0 amide bonds. The van der Waals surface area contributed by atoms with Gasteiger partial charge in [0.2, 0.25) is 0 Å². The molecule has 4 heteroatoms. The summed E-state index contributed by atoms with van der Waals surface area (Å²) in [7, 11) is 2.18. The van der Waals surface area contributed by atoms with Crippen LogP contribution >= 0.6 is 0 Å². The summed E-state index contributed by atoms with van der Waals surface area (Å²) >= 11 is 0. The Balaban J connectivity index is 1.78. The lowest BCUT2D eigenvalue weighted by Crippen LogP contribution is -2.30. The third-order valence-electron chi connectivity index (χ3n) is 4.23. The highest BCUT2D eigenvalue weighted by molar-refractivity contribution is 5.18. The molecule has 2 unspecified atom stereocenters. The van der Waals surface area contributed by atoms with E-state index in [0.29, 0.717) is 12.5 Å². The van der Waals surface area contributed by atoms with E-state index in [1.165, 1.54) is 25.0 Å². The third-order valence-corrected chi connectivity index (χ3v) is 4.23. The van der Waals surface area contributed by atoms with Crippen LogP contribution in [0.3, 0.4) is 0 Å². The van der Waals surface area contributed by atoms with Gasteiger partial charge in [-0.2, -0.15) is 0 Å². The Hall–Kier alpha value is -0.970. The van der Waals surface area contributed by atoms with Gasteiger partial charge in [-0.05, 0) is 56.6 Å². The van der Waals surface area contributed by atoms with Gasteiger partial charge in [0, 0.05) is 19.6 Å². The lowest BCUT2D eigenvalue weighted by molar-refractivity contribution is 0.123. The van der Waals surface area contributed by atoms with Crippen molar-refractivity contribution in [1.29, 1.82) is 0 Å². The fourth-order valence-corrected chi connectivity index (χ4v) is 3.18. The maximum absolute atomic E-state index is 12.9. The van der Waals surface area contributed by atoms with E-state index in [9.17, 15) is 9.50 Å². The number of aliphatic hydroxyl groups excluding tert-OH is 1. The van der Waals surface area contributed by atoms with Crippen LogP contribution in [0.1, 0.15) is 31.4 Å². The third kappa shape index (κ3) is 5.06. The number of aliphatic hydroxyl groups is 1. The molecule has 0 radical (unpaired) electrons. The van der Waals surface area contributed by atoms with Gasteiger partial charge in [0.25, 0.3) is 0 Å². The molecule has 1 N–H and O–H groups in total. The van der Waals surface area contributed by atoms with Crippen LogP contribution in [0.15, 0.2) is 24.3 Å². The number of halogens is 1. The van der Waals surface area contributed by atoms with Crippen molar-refractivity contribution >= 4 is 0 Å². The molecule has 1 aliphatic heterocycles. The Labute approximate surface area is 127 Å². The molecule has 1 heterocycles. The van der Waals surface area contributed by atoms with Crippen molar-refractivity contribution in [3.05, 3.63) is 35.6 Å². The zero-order valence-corrected chi connectivity index (χ0v) is 13.1. The zero-order valence-electron chi connectivity index (χ0n) is 13.1. The van der Waals surface area contributed by atoms with Crippen molar-refractivity contribution in [3.8, 4) is 0 Å². The number of nitrogens with zero attached hydrogens (tertiary/aromatic N) is 2. The lowest BCUT2D eigenvalue weighted by atomic mass is 10.1. The van der Waals surface area contributed by atoms with Gasteiger partial charge in [0.15, 0.2) is 0 Å². The van der Waals surface area contributed by atoms with Crippen molar-refractivity contribution in [2.45, 2.75) is 25.9 Å². The summed E-state index contributed by atoms with van der Waals surface area (Å²) in [5, 5.41) is 10.2. The molecule has 3 nitrogen and oxygen atoms in total. The van der Waals surface area contributed by atoms with Crippen LogP contribution < -0.4 is 0 Å². The van der Waals surface area contributed by atoms with Crippen molar-refractivity contribution in [3.63, 3.8) is 0 Å². The normalized spacial score (nSPS) is 21.1. The first-order chi connectivity index (χ1) is 10.1. The van der Waals surface area contributed by atoms with Crippen molar-refractivity contribution in [2.75, 3.05) is 39.8 Å². The molecule has 1 aromatic rings. The lowest BCUT2D eigenvalue weighted by Gasteiger charge is -2.22. The summed E-state index contributed by atoms with van der Waals surface area (Å²) in [6.07, 6.45) is 1.86. The standard InChI is InChI=1S/C17H27FN2O/c1-3-9-19(2)11-14-8-10-20(12-14)13-17(21)15-4-6-16(18)7-5-15/h4-7,14,17,21H,3,8-13H2,1-2H3. The number of likely N-dealkylation sites (tertiary alicyclic amines) is 1. The molecule has 0 saturated carbocycles. The number of β-amino-alcohol motifs (C(OH)–C–C–N with tert-alkyl or cyclic N) is 1. The van der Waals surface area contributed by atoms with Gasteiger partial charge in [0.1, 0.15) is 5.82 Å². The van der Waals surface area contributed by atoms with E-state index >= 15 is 0 Å². The van der Waals surface area contributed by atoms with E-state index in [1.54, 1.807) is 12.1 Å². The smallest absolute Gasteiger partial charge is 0.123 e. The van der Waals surface area contributed by atoms with E-state index in [-0.39, 0.29) is 5.82 Å². The first-order valence-electron chi connectivity index (χ1n) is 7.93. The minimum atomic E-state index is -0.530. The van der Waals surface area contributed by atoms with Crippen LogP contribution in [-0.4, -0.2) is 54.7 Å². The van der Waals surface area contributed by atoms with Crippen molar-refractivity contribution < 1.29 is 9.50 Å². The fraction of sp³-hybridized carbons (Fsp3) is 0.647. The maximum Gasteiger partial charge on any atom is 0.123 e. The van der Waals surface area contributed by atoms with Gasteiger partial charge in [-0.15, -0.1) is 0 Å². The summed E-state index contributed by atoms with van der Waals surface area (Å²) in [5.41, 5.74) is 0.794. The molecule has 1 aromatic carbocycles. The predicted molar refractivity (Wildman–Crippen MR) is 83.7 cm³/mol. The minimum absolute atomic E-state index is 0.258. The SMILES string of the molecule is CCCN(C)CC1CCN(CC(O)c2ccc(F)cc2)C1. The van der Waals surface area contributed by atoms with E-state index in [2.05, 4.69) is 23.8 Å². The number of rotatable bonds is 7. The number of hydrogen-bond donors (Lipinski definition) is 1. The molecule has 0 spiro atoms. The molecule has 21 heavy (non-hydrogen) atoms. The molecule has 2 atom stereocenters. The van der Waals surface area contributed by atoms with E-state index in [0.717, 1.165) is 31.7 Å². The van der Waals surface area contributed by atoms with E-state index in [4.69, 9.17) is 0 Å². The molecule has 0 bridgehead atoms. The Morgan fingerprint density at radius 3 is 2.76 bits per heavy atom. The van der Waals surface area contributed by atoms with Gasteiger partial charge in [-0.25, -0.2) is 4.39 Å². The highest BCUT2D eigenvalue weighted by Crippen LogP contribution is 2.21. The van der Waals surface area contributed by atoms with Gasteiger partial charge in [-0.1, -0.05) is 19.1 Å². The molecule has 1 aliphatic rings. The molecule has 2 rings (SSSR count). The average molecular weight is 294 g/mol. The molecular formula is C17H27FN2O. The van der Waals surface area contributed by atoms with Crippen molar-refractivity contribution in [2.24, 2.45) is 5.92 Å². The Bertz CT molecular complexity index is 423. The van der Waals surface area contributed by atoms with Gasteiger partial charge in [-0.3, -0.25) is 0 Å². The van der Waals surface area contributed by atoms with E-state index in [1.807, 2.05) is 0 Å². The Kier molecular flexibility index (Phi) is 6.15. The van der Waals surface area contributed by atoms with E-state index < -0.39 is 6.10 Å². The summed E-state index contributed by atoms with van der Waals surface area (Å²) in [6.45, 7) is 7.22. The summed E-state index contributed by atoms with van der Waals surface area (Å²) in [6, 6.07) is 6.15. The first-order valence-corrected chi connectivity index (χ1v) is 7.93. The van der Waals surface area contributed by atoms with Crippen LogP contribution in [0.4, 0.5) is 4.39 Å². The minimum Gasteiger partial charge on any atom is -0.387 e. The fourth-order valence-electron chi connectivity index (χ4n) is 3.18. The summed E-state index contributed by atoms with van der Waals surface area (Å²) < 4.78 is 12.9. The zero-order chi connectivity index (χ0) is 15.2. The van der Waals surface area contributed by atoms with Crippen LogP contribution in [0.25, 0.3) is 0 Å². The molecule has 0 aromatic heterocycles. The van der Waals surface area contributed by atoms with Crippen LogP contribution in [-0.2, 0) is 0 Å². The van der Waals surface area contributed by atoms with Crippen LogP contribution in [0.5, 0.6) is 0 Å².